The maximum atomic E-state index is 13.9. The van der Waals surface area contributed by atoms with Crippen LogP contribution in [0.4, 0.5) is 5.69 Å². The fourth-order valence-corrected chi connectivity index (χ4v) is 5.67. The van der Waals surface area contributed by atoms with E-state index < -0.39 is 5.97 Å². The smallest absolute Gasteiger partial charge is 0.330 e. The number of methoxy groups -OCH3 is 1. The summed E-state index contributed by atoms with van der Waals surface area (Å²) in [5.41, 5.74) is 3.20. The van der Waals surface area contributed by atoms with Gasteiger partial charge in [0.25, 0.3) is 0 Å². The lowest BCUT2D eigenvalue weighted by atomic mass is 9.88. The molecule has 0 atom stereocenters. The van der Waals surface area contributed by atoms with E-state index in [0.717, 1.165) is 52.9 Å². The number of fused-ring (bicyclic) bond motifs is 2. The van der Waals surface area contributed by atoms with Crippen molar-refractivity contribution in [2.24, 2.45) is 13.0 Å². The summed E-state index contributed by atoms with van der Waals surface area (Å²) < 4.78 is 6.48. The third-order valence-corrected chi connectivity index (χ3v) is 7.48. The van der Waals surface area contributed by atoms with Gasteiger partial charge in [-0.15, -0.1) is 0 Å². The number of halogens is 1. The second-order valence-corrected chi connectivity index (χ2v) is 9.88. The molecule has 4 aromatic rings. The minimum absolute atomic E-state index is 0.0303. The molecule has 1 fully saturated rings. The molecule has 0 N–H and O–H groups in total. The number of benzene rings is 2. The van der Waals surface area contributed by atoms with E-state index in [0.29, 0.717) is 22.8 Å². The molecule has 190 valence electrons. The first-order chi connectivity index (χ1) is 18.0. The van der Waals surface area contributed by atoms with E-state index in [1.54, 1.807) is 23.2 Å². The van der Waals surface area contributed by atoms with E-state index in [1.165, 1.54) is 19.6 Å². The Bertz CT molecular complexity index is 1500. The summed E-state index contributed by atoms with van der Waals surface area (Å²) in [7, 11) is 3.21. The van der Waals surface area contributed by atoms with Gasteiger partial charge < -0.3 is 9.64 Å². The van der Waals surface area contributed by atoms with E-state index >= 15 is 0 Å². The first-order valence-corrected chi connectivity index (χ1v) is 12.9. The van der Waals surface area contributed by atoms with Crippen molar-refractivity contribution in [3.8, 4) is 0 Å². The van der Waals surface area contributed by atoms with Crippen molar-refractivity contribution in [2.75, 3.05) is 12.0 Å². The lowest BCUT2D eigenvalue weighted by molar-refractivity contribution is -0.134. The highest BCUT2D eigenvalue weighted by Gasteiger charge is 2.28. The van der Waals surface area contributed by atoms with Gasteiger partial charge in [0.15, 0.2) is 0 Å². The molecule has 5 rings (SSSR count). The highest BCUT2D eigenvalue weighted by molar-refractivity contribution is 6.40. The molecule has 1 aliphatic carbocycles. The third-order valence-electron chi connectivity index (χ3n) is 7.11. The van der Waals surface area contributed by atoms with Crippen molar-refractivity contribution in [2.45, 2.75) is 38.6 Å². The Hall–Kier alpha value is -3.71. The van der Waals surface area contributed by atoms with Crippen molar-refractivity contribution < 1.29 is 14.3 Å². The van der Waals surface area contributed by atoms with Crippen LogP contribution in [-0.2, 0) is 27.9 Å². The molecule has 1 aliphatic rings. The van der Waals surface area contributed by atoms with Crippen LogP contribution in [0, 0.1) is 5.92 Å². The largest absolute Gasteiger partial charge is 0.466 e. The highest BCUT2D eigenvalue weighted by atomic mass is 35.5. The topological polar surface area (TPSA) is 77.3 Å². The highest BCUT2D eigenvalue weighted by Crippen LogP contribution is 2.36. The molecule has 0 spiro atoms. The summed E-state index contributed by atoms with van der Waals surface area (Å²) in [5.74, 6) is -0.394. The molecule has 2 aromatic heterocycles. The number of anilines is 1. The van der Waals surface area contributed by atoms with Crippen molar-refractivity contribution in [3.63, 3.8) is 0 Å². The van der Waals surface area contributed by atoms with Crippen LogP contribution >= 0.6 is 11.6 Å². The molecule has 7 nitrogen and oxygen atoms in total. The number of ether oxygens (including phenoxy) is 1. The van der Waals surface area contributed by atoms with Gasteiger partial charge in [-0.1, -0.05) is 49.1 Å². The van der Waals surface area contributed by atoms with E-state index in [9.17, 15) is 9.59 Å². The third kappa shape index (κ3) is 5.09. The van der Waals surface area contributed by atoms with Gasteiger partial charge in [0.1, 0.15) is 0 Å². The minimum Gasteiger partial charge on any atom is -0.466 e. The van der Waals surface area contributed by atoms with Crippen LogP contribution in [0.15, 0.2) is 55.0 Å². The molecule has 2 aromatic carbocycles. The van der Waals surface area contributed by atoms with Crippen molar-refractivity contribution in [1.29, 1.82) is 0 Å². The number of hydrogen-bond donors (Lipinski definition) is 0. The van der Waals surface area contributed by atoms with E-state index in [2.05, 4.69) is 16.1 Å². The summed E-state index contributed by atoms with van der Waals surface area (Å²) in [6.45, 7) is 0.349. The number of hydrogen-bond acceptors (Lipinski definition) is 5. The Morgan fingerprint density at radius 1 is 1.14 bits per heavy atom. The lowest BCUT2D eigenvalue weighted by Crippen LogP contribution is -2.37. The first kappa shape index (κ1) is 25.0. The number of rotatable bonds is 6. The van der Waals surface area contributed by atoms with Crippen LogP contribution in [-0.4, -0.2) is 33.8 Å². The van der Waals surface area contributed by atoms with Crippen LogP contribution < -0.4 is 4.90 Å². The van der Waals surface area contributed by atoms with Gasteiger partial charge >= 0.3 is 5.97 Å². The quantitative estimate of drug-likeness (QED) is 0.229. The average Bonchev–Trinajstić information content (AvgIpc) is 3.31. The molecule has 8 heteroatoms. The van der Waals surface area contributed by atoms with Gasteiger partial charge in [-0.3, -0.25) is 14.5 Å². The van der Waals surface area contributed by atoms with Gasteiger partial charge in [-0.2, -0.15) is 5.10 Å². The zero-order valence-corrected chi connectivity index (χ0v) is 21.7. The minimum atomic E-state index is -0.451. The molecule has 1 saturated carbocycles. The maximum absolute atomic E-state index is 13.9. The summed E-state index contributed by atoms with van der Waals surface area (Å²) >= 11 is 6.96. The monoisotopic (exact) mass is 516 g/mol. The van der Waals surface area contributed by atoms with Gasteiger partial charge in [0.2, 0.25) is 5.91 Å². The molecular formula is C29H29ClN4O3. The van der Waals surface area contributed by atoms with E-state index in [4.69, 9.17) is 16.3 Å². The van der Waals surface area contributed by atoms with Crippen molar-refractivity contribution in [3.05, 3.63) is 71.1 Å². The lowest BCUT2D eigenvalue weighted by Gasteiger charge is -2.30. The standard InChI is InChI=1S/C29H29ClN4O3/c1-33-28-23(16-32-33)14-21-9-6-10-22(26(21)27(28)30)18-34(29(36)20-7-4-3-5-8-20)24-13-19(15-31-17-24)11-12-25(35)37-2/h6,9-17,20H,3-5,7-8,18H2,1-2H3/b12-11+. The summed E-state index contributed by atoms with van der Waals surface area (Å²) in [5, 5.41) is 7.89. The molecule has 0 saturated heterocycles. The molecule has 37 heavy (non-hydrogen) atoms. The second kappa shape index (κ2) is 10.7. The zero-order valence-electron chi connectivity index (χ0n) is 21.0. The molecule has 2 heterocycles. The summed E-state index contributed by atoms with van der Waals surface area (Å²) in [6.07, 6.45) is 13.2. The molecule has 0 unspecified atom stereocenters. The van der Waals surface area contributed by atoms with Crippen molar-refractivity contribution in [1.82, 2.24) is 14.8 Å². The molecular weight excluding hydrogens is 488 g/mol. The van der Waals surface area contributed by atoms with Crippen LogP contribution in [0.5, 0.6) is 0 Å². The number of aromatic nitrogens is 3. The fourth-order valence-electron chi connectivity index (χ4n) is 5.21. The number of pyridine rings is 1. The predicted molar refractivity (Wildman–Crippen MR) is 146 cm³/mol. The number of carbonyl (C=O) groups excluding carboxylic acids is 2. The van der Waals surface area contributed by atoms with Gasteiger partial charge in [-0.25, -0.2) is 4.79 Å². The molecule has 0 radical (unpaired) electrons. The van der Waals surface area contributed by atoms with E-state index in [1.807, 2.05) is 42.4 Å². The Morgan fingerprint density at radius 2 is 1.95 bits per heavy atom. The van der Waals surface area contributed by atoms with Gasteiger partial charge in [0.05, 0.1) is 42.3 Å². The van der Waals surface area contributed by atoms with Crippen LogP contribution in [0.25, 0.3) is 27.8 Å². The van der Waals surface area contributed by atoms with Crippen LogP contribution in [0.2, 0.25) is 5.02 Å². The second-order valence-electron chi connectivity index (χ2n) is 9.50. The number of amides is 1. The van der Waals surface area contributed by atoms with Crippen LogP contribution in [0.1, 0.15) is 43.2 Å². The zero-order chi connectivity index (χ0) is 25.9. The van der Waals surface area contributed by atoms with Gasteiger partial charge in [0, 0.05) is 36.0 Å². The number of nitrogens with zero attached hydrogens (tertiary/aromatic N) is 4. The van der Waals surface area contributed by atoms with Crippen molar-refractivity contribution >= 4 is 56.9 Å². The number of carbonyl (C=O) groups is 2. The summed E-state index contributed by atoms with van der Waals surface area (Å²) in [6, 6.07) is 10.0. The van der Waals surface area contributed by atoms with E-state index in [-0.39, 0.29) is 11.8 Å². The Kier molecular flexibility index (Phi) is 7.24. The van der Waals surface area contributed by atoms with Gasteiger partial charge in [-0.05, 0) is 47.6 Å². The first-order valence-electron chi connectivity index (χ1n) is 12.5. The molecule has 0 aliphatic heterocycles. The molecule has 0 bridgehead atoms. The Morgan fingerprint density at radius 3 is 2.73 bits per heavy atom. The molecule has 1 amide bonds. The van der Waals surface area contributed by atoms with Crippen LogP contribution in [0.3, 0.4) is 0 Å². The fraction of sp³-hybridized carbons (Fsp3) is 0.310. The SMILES string of the molecule is COC(=O)/C=C/c1cncc(N(Cc2cccc3cc4cnn(C)c4c(Cl)c23)C(=O)C2CCCCC2)c1. The number of esters is 1. The maximum Gasteiger partial charge on any atom is 0.330 e. The Balaban J connectivity index is 1.59. The Labute approximate surface area is 220 Å². The number of aryl methyl sites for hydroxylation is 1. The predicted octanol–water partition coefficient (Wildman–Crippen LogP) is 6.07. The normalized spacial score (nSPS) is 14.5. The summed E-state index contributed by atoms with van der Waals surface area (Å²) in [4.78, 5) is 31.7. The average molecular weight is 517 g/mol.